The third-order valence-corrected chi connectivity index (χ3v) is 5.07. The van der Waals surface area contributed by atoms with Crippen molar-refractivity contribution in [1.29, 1.82) is 0 Å². The Morgan fingerprint density at radius 3 is 2.50 bits per heavy atom. The van der Waals surface area contributed by atoms with E-state index in [1.165, 1.54) is 11.3 Å². The summed E-state index contributed by atoms with van der Waals surface area (Å²) in [4.78, 5) is 24.5. The average molecular weight is 340 g/mol. The van der Waals surface area contributed by atoms with Crippen LogP contribution in [0.15, 0.2) is 41.2 Å². The second kappa shape index (κ2) is 6.24. The number of aromatic nitrogens is 1. The maximum Gasteiger partial charge on any atom is 0.308 e. The van der Waals surface area contributed by atoms with Crippen LogP contribution in [0.2, 0.25) is 0 Å². The maximum absolute atomic E-state index is 12.4. The molecule has 0 fully saturated rings. The molecule has 3 aromatic rings. The highest BCUT2D eigenvalue weighted by atomic mass is 32.1. The normalized spacial score (nSPS) is 11.2. The van der Waals surface area contributed by atoms with Crippen LogP contribution in [0, 0.1) is 13.8 Å². The molecule has 2 aromatic carbocycles. The van der Waals surface area contributed by atoms with Gasteiger partial charge in [-0.2, -0.15) is 0 Å². The number of hydrogen-bond donors (Lipinski definition) is 1. The fourth-order valence-corrected chi connectivity index (χ4v) is 3.74. The number of rotatable bonds is 3. The van der Waals surface area contributed by atoms with E-state index in [1.54, 1.807) is 4.57 Å². The first-order chi connectivity index (χ1) is 11.4. The zero-order valence-electron chi connectivity index (χ0n) is 14.2. The van der Waals surface area contributed by atoms with Gasteiger partial charge in [-0.05, 0) is 69.2 Å². The molecule has 0 atom stereocenters. The Balaban J connectivity index is 1.91. The fraction of sp³-hybridized carbons (Fsp3) is 0.263. The highest BCUT2D eigenvalue weighted by Gasteiger charge is 2.12. The minimum atomic E-state index is -0.145. The largest absolute Gasteiger partial charge is 0.322 e. The van der Waals surface area contributed by atoms with Crippen LogP contribution in [-0.4, -0.2) is 10.5 Å². The van der Waals surface area contributed by atoms with Gasteiger partial charge in [0.2, 0.25) is 0 Å². The number of hydrogen-bond acceptors (Lipinski definition) is 3. The van der Waals surface area contributed by atoms with Gasteiger partial charge in [0.1, 0.15) is 0 Å². The lowest BCUT2D eigenvalue weighted by molar-refractivity contribution is 0.102. The zero-order valence-corrected chi connectivity index (χ0v) is 15.0. The van der Waals surface area contributed by atoms with Crippen molar-refractivity contribution in [2.45, 2.75) is 33.7 Å². The molecule has 0 unspecified atom stereocenters. The van der Waals surface area contributed by atoms with Gasteiger partial charge in [-0.15, -0.1) is 0 Å². The molecule has 0 spiro atoms. The number of anilines is 1. The lowest BCUT2D eigenvalue weighted by Gasteiger charge is -2.09. The summed E-state index contributed by atoms with van der Waals surface area (Å²) in [7, 11) is 0. The number of amides is 1. The topological polar surface area (TPSA) is 51.1 Å². The van der Waals surface area contributed by atoms with E-state index in [9.17, 15) is 9.59 Å². The molecule has 0 aliphatic heterocycles. The van der Waals surface area contributed by atoms with Crippen LogP contribution in [0.3, 0.4) is 0 Å². The highest BCUT2D eigenvalue weighted by molar-refractivity contribution is 7.16. The molecule has 0 saturated carbocycles. The van der Waals surface area contributed by atoms with Gasteiger partial charge in [0.05, 0.1) is 10.2 Å². The van der Waals surface area contributed by atoms with E-state index in [2.05, 4.69) is 5.32 Å². The first-order valence-corrected chi connectivity index (χ1v) is 8.72. The molecule has 1 amide bonds. The Morgan fingerprint density at radius 2 is 1.83 bits per heavy atom. The zero-order chi connectivity index (χ0) is 17.4. The SMILES string of the molecule is Cc1ccc(C(=O)Nc2ccc3c(c2)sc(=O)n3C(C)C)cc1C. The van der Waals surface area contributed by atoms with Crippen molar-refractivity contribution < 1.29 is 4.79 Å². The van der Waals surface area contributed by atoms with E-state index in [4.69, 9.17) is 0 Å². The van der Waals surface area contributed by atoms with Crippen molar-refractivity contribution in [3.8, 4) is 0 Å². The van der Waals surface area contributed by atoms with Gasteiger partial charge in [-0.3, -0.25) is 14.2 Å². The summed E-state index contributed by atoms with van der Waals surface area (Å²) in [6.45, 7) is 7.99. The van der Waals surface area contributed by atoms with Crippen LogP contribution in [0.4, 0.5) is 5.69 Å². The summed E-state index contributed by atoms with van der Waals surface area (Å²) >= 11 is 1.20. The Labute approximate surface area is 144 Å². The summed E-state index contributed by atoms with van der Waals surface area (Å²) < 4.78 is 2.65. The Hall–Kier alpha value is -2.40. The van der Waals surface area contributed by atoms with Crippen molar-refractivity contribution in [3.05, 3.63) is 62.8 Å². The van der Waals surface area contributed by atoms with E-state index in [-0.39, 0.29) is 16.8 Å². The van der Waals surface area contributed by atoms with E-state index in [1.807, 2.05) is 64.1 Å². The molecule has 1 heterocycles. The molecule has 0 aliphatic rings. The van der Waals surface area contributed by atoms with Crippen molar-refractivity contribution >= 4 is 33.1 Å². The molecule has 0 radical (unpaired) electrons. The van der Waals surface area contributed by atoms with Crippen LogP contribution in [0.25, 0.3) is 10.2 Å². The number of carbonyl (C=O) groups is 1. The number of carbonyl (C=O) groups excluding carboxylic acids is 1. The van der Waals surface area contributed by atoms with Crippen LogP contribution in [0.1, 0.15) is 41.4 Å². The van der Waals surface area contributed by atoms with Crippen LogP contribution >= 0.6 is 11.3 Å². The Morgan fingerprint density at radius 1 is 1.08 bits per heavy atom. The fourth-order valence-electron chi connectivity index (χ4n) is 2.69. The van der Waals surface area contributed by atoms with Crippen molar-refractivity contribution in [2.75, 3.05) is 5.32 Å². The molecule has 4 nitrogen and oxygen atoms in total. The standard InChI is InChI=1S/C19H20N2O2S/c1-11(2)21-16-8-7-15(10-17(16)24-19(21)23)20-18(22)14-6-5-12(3)13(4)9-14/h5-11H,1-4H3,(H,20,22). The molecule has 24 heavy (non-hydrogen) atoms. The van der Waals surface area contributed by atoms with Gasteiger partial charge in [0, 0.05) is 17.3 Å². The number of benzene rings is 2. The number of nitrogens with one attached hydrogen (secondary N) is 1. The van der Waals surface area contributed by atoms with Crippen molar-refractivity contribution in [1.82, 2.24) is 4.57 Å². The lowest BCUT2D eigenvalue weighted by atomic mass is 10.1. The number of aryl methyl sites for hydroxylation is 2. The lowest BCUT2D eigenvalue weighted by Crippen LogP contribution is -2.14. The predicted molar refractivity (Wildman–Crippen MR) is 100 cm³/mol. The molecule has 0 saturated heterocycles. The van der Waals surface area contributed by atoms with Crippen molar-refractivity contribution in [2.24, 2.45) is 0 Å². The van der Waals surface area contributed by atoms with Gasteiger partial charge >= 0.3 is 4.87 Å². The average Bonchev–Trinajstić information content (AvgIpc) is 2.85. The molecule has 5 heteroatoms. The van der Waals surface area contributed by atoms with Crippen LogP contribution in [-0.2, 0) is 0 Å². The monoisotopic (exact) mass is 340 g/mol. The van der Waals surface area contributed by atoms with Gasteiger partial charge in [0.15, 0.2) is 0 Å². The van der Waals surface area contributed by atoms with E-state index >= 15 is 0 Å². The molecule has 3 rings (SSSR count). The molecular weight excluding hydrogens is 320 g/mol. The van der Waals surface area contributed by atoms with E-state index < -0.39 is 0 Å². The van der Waals surface area contributed by atoms with Gasteiger partial charge in [-0.25, -0.2) is 0 Å². The second-order valence-electron chi connectivity index (χ2n) is 6.27. The van der Waals surface area contributed by atoms with Gasteiger partial charge in [0.25, 0.3) is 5.91 Å². The molecule has 124 valence electrons. The number of fused-ring (bicyclic) bond motifs is 1. The summed E-state index contributed by atoms with van der Waals surface area (Å²) in [6, 6.07) is 11.4. The van der Waals surface area contributed by atoms with Crippen LogP contribution in [0.5, 0.6) is 0 Å². The molecular formula is C19H20N2O2S. The minimum Gasteiger partial charge on any atom is -0.322 e. The highest BCUT2D eigenvalue weighted by Crippen LogP contribution is 2.24. The quantitative estimate of drug-likeness (QED) is 0.762. The first-order valence-electron chi connectivity index (χ1n) is 7.90. The molecule has 1 aromatic heterocycles. The maximum atomic E-state index is 12.4. The third kappa shape index (κ3) is 2.99. The predicted octanol–water partition coefficient (Wildman–Crippen LogP) is 4.51. The molecule has 1 N–H and O–H groups in total. The van der Waals surface area contributed by atoms with Gasteiger partial charge in [-0.1, -0.05) is 17.4 Å². The van der Waals surface area contributed by atoms with Crippen molar-refractivity contribution in [3.63, 3.8) is 0 Å². The Kier molecular flexibility index (Phi) is 4.28. The number of thiazole rings is 1. The van der Waals surface area contributed by atoms with E-state index in [0.717, 1.165) is 21.3 Å². The van der Waals surface area contributed by atoms with Crippen LogP contribution < -0.4 is 10.2 Å². The summed E-state index contributed by atoms with van der Waals surface area (Å²) in [5, 5.41) is 2.91. The summed E-state index contributed by atoms with van der Waals surface area (Å²) in [5.74, 6) is -0.145. The Bertz CT molecular complexity index is 983. The molecule has 0 bridgehead atoms. The first kappa shape index (κ1) is 16.5. The summed E-state index contributed by atoms with van der Waals surface area (Å²) in [6.07, 6.45) is 0. The second-order valence-corrected chi connectivity index (χ2v) is 7.26. The number of nitrogens with zero attached hydrogens (tertiary/aromatic N) is 1. The van der Waals surface area contributed by atoms with Gasteiger partial charge < -0.3 is 5.32 Å². The molecule has 0 aliphatic carbocycles. The smallest absolute Gasteiger partial charge is 0.308 e. The minimum absolute atomic E-state index is 0.0256. The summed E-state index contributed by atoms with van der Waals surface area (Å²) in [5.41, 5.74) is 4.48. The van der Waals surface area contributed by atoms with E-state index in [0.29, 0.717) is 11.3 Å². The third-order valence-electron chi connectivity index (χ3n) is 4.16.